The van der Waals surface area contributed by atoms with Gasteiger partial charge >= 0.3 is 0 Å². The van der Waals surface area contributed by atoms with Crippen LogP contribution in [0.25, 0.3) is 0 Å². The zero-order valence-corrected chi connectivity index (χ0v) is 47.7. The molecule has 72 heavy (non-hydrogen) atoms. The van der Waals surface area contributed by atoms with Crippen molar-refractivity contribution in [3.05, 3.63) is 12.2 Å². The molecule has 0 saturated carbocycles. The number of allylic oxidation sites excluding steroid dienone is 1. The van der Waals surface area contributed by atoms with Crippen LogP contribution < -0.4 is 5.32 Å². The molecule has 1 aliphatic heterocycles. The zero-order chi connectivity index (χ0) is 52.2. The molecule has 1 heterocycles. The maximum atomic E-state index is 13.1. The van der Waals surface area contributed by atoms with E-state index in [1.807, 2.05) is 6.08 Å². The van der Waals surface area contributed by atoms with Gasteiger partial charge in [-0.05, 0) is 19.3 Å². The van der Waals surface area contributed by atoms with Crippen LogP contribution in [-0.4, -0.2) is 87.5 Å². The Balaban J connectivity index is 2.17. The van der Waals surface area contributed by atoms with Crippen LogP contribution in [0.3, 0.4) is 0 Å². The van der Waals surface area contributed by atoms with Crippen LogP contribution in [0.4, 0.5) is 0 Å². The van der Waals surface area contributed by atoms with Crippen molar-refractivity contribution >= 4 is 5.91 Å². The number of rotatable bonds is 56. The highest BCUT2D eigenvalue weighted by Gasteiger charge is 2.44. The van der Waals surface area contributed by atoms with Gasteiger partial charge in [-0.15, -0.1) is 0 Å². The van der Waals surface area contributed by atoms with Gasteiger partial charge < -0.3 is 40.3 Å². The summed E-state index contributed by atoms with van der Waals surface area (Å²) < 4.78 is 11.3. The van der Waals surface area contributed by atoms with E-state index in [9.17, 15) is 30.3 Å². The zero-order valence-electron chi connectivity index (χ0n) is 47.7. The van der Waals surface area contributed by atoms with Crippen molar-refractivity contribution in [2.45, 2.75) is 371 Å². The van der Waals surface area contributed by atoms with E-state index < -0.39 is 49.5 Å². The van der Waals surface area contributed by atoms with Gasteiger partial charge in [0, 0.05) is 6.42 Å². The third kappa shape index (κ3) is 42.1. The third-order valence-corrected chi connectivity index (χ3v) is 15.6. The second-order valence-corrected chi connectivity index (χ2v) is 22.6. The average molecular weight is 1020 g/mol. The van der Waals surface area contributed by atoms with Crippen LogP contribution in [0, 0.1) is 0 Å². The molecule has 428 valence electrons. The van der Waals surface area contributed by atoms with E-state index in [0.29, 0.717) is 6.42 Å². The highest BCUT2D eigenvalue weighted by molar-refractivity contribution is 5.76. The molecule has 1 saturated heterocycles. The fourth-order valence-electron chi connectivity index (χ4n) is 10.6. The summed E-state index contributed by atoms with van der Waals surface area (Å²) in [6, 6.07) is -0.801. The third-order valence-electron chi connectivity index (χ3n) is 15.6. The molecule has 6 N–H and O–H groups in total. The van der Waals surface area contributed by atoms with Crippen molar-refractivity contribution in [3.63, 3.8) is 0 Å². The van der Waals surface area contributed by atoms with Gasteiger partial charge in [-0.3, -0.25) is 4.79 Å². The van der Waals surface area contributed by atoms with Crippen LogP contribution in [0.2, 0.25) is 0 Å². The summed E-state index contributed by atoms with van der Waals surface area (Å²) in [6.45, 7) is 3.84. The number of amides is 1. The highest BCUT2D eigenvalue weighted by Crippen LogP contribution is 2.23. The molecule has 1 rings (SSSR count). The summed E-state index contributed by atoms with van der Waals surface area (Å²) in [6.07, 6.45) is 60.1. The van der Waals surface area contributed by atoms with Gasteiger partial charge in [0.1, 0.15) is 24.4 Å². The Morgan fingerprint density at radius 3 is 1.08 bits per heavy atom. The lowest BCUT2D eigenvalue weighted by Crippen LogP contribution is -2.60. The van der Waals surface area contributed by atoms with E-state index in [0.717, 1.165) is 38.5 Å². The maximum absolute atomic E-state index is 13.1. The minimum absolute atomic E-state index is 0.168. The van der Waals surface area contributed by atoms with Crippen molar-refractivity contribution in [2.24, 2.45) is 0 Å². The number of hydrogen-bond acceptors (Lipinski definition) is 8. The van der Waals surface area contributed by atoms with E-state index in [1.165, 1.54) is 270 Å². The molecule has 1 amide bonds. The number of ether oxygens (including phenoxy) is 2. The Morgan fingerprint density at radius 1 is 0.458 bits per heavy atom. The van der Waals surface area contributed by atoms with Gasteiger partial charge in [0.05, 0.1) is 25.4 Å². The summed E-state index contributed by atoms with van der Waals surface area (Å²) >= 11 is 0. The predicted molar refractivity (Wildman–Crippen MR) is 304 cm³/mol. The normalized spacial score (nSPS) is 19.1. The monoisotopic (exact) mass is 1020 g/mol. The summed E-state index contributed by atoms with van der Waals surface area (Å²) in [7, 11) is 0. The number of carbonyl (C=O) groups is 1. The number of carbonyl (C=O) groups excluding carboxylic acids is 1. The quantitative estimate of drug-likeness (QED) is 0.0261. The van der Waals surface area contributed by atoms with Crippen LogP contribution in [-0.2, 0) is 14.3 Å². The van der Waals surface area contributed by atoms with Gasteiger partial charge in [-0.1, -0.05) is 315 Å². The summed E-state index contributed by atoms with van der Waals surface area (Å²) in [4.78, 5) is 13.1. The number of aliphatic hydroxyl groups excluding tert-OH is 5. The van der Waals surface area contributed by atoms with Gasteiger partial charge in [0.2, 0.25) is 5.91 Å². The highest BCUT2D eigenvalue weighted by atomic mass is 16.7. The van der Waals surface area contributed by atoms with E-state index in [1.54, 1.807) is 6.08 Å². The first-order valence-corrected chi connectivity index (χ1v) is 31.9. The lowest BCUT2D eigenvalue weighted by molar-refractivity contribution is -0.302. The number of unbranched alkanes of at least 4 members (excludes halogenated alkanes) is 46. The summed E-state index contributed by atoms with van der Waals surface area (Å²) in [5, 5.41) is 54.7. The minimum Gasteiger partial charge on any atom is -0.394 e. The molecule has 1 fully saturated rings. The SMILES string of the molecule is CCCCCCCCCCCCCCCCCCCCCCCCCC/C=C/C(O)C(COC1OC(CO)C(O)C(O)C1O)NC(=O)CCCCCCCCCCCCCCCCCCCCCCCCC. The van der Waals surface area contributed by atoms with Gasteiger partial charge in [-0.25, -0.2) is 0 Å². The van der Waals surface area contributed by atoms with Crippen LogP contribution in [0.1, 0.15) is 328 Å². The number of hydrogen-bond donors (Lipinski definition) is 6. The molecule has 0 aromatic heterocycles. The molecule has 1 aliphatic rings. The Bertz CT molecular complexity index is 1140. The molecule has 9 nitrogen and oxygen atoms in total. The Labute approximate surface area is 446 Å². The van der Waals surface area contributed by atoms with Gasteiger partial charge in [-0.2, -0.15) is 0 Å². The minimum atomic E-state index is -1.56. The smallest absolute Gasteiger partial charge is 0.220 e. The number of nitrogens with one attached hydrogen (secondary N) is 1. The van der Waals surface area contributed by atoms with E-state index in [4.69, 9.17) is 9.47 Å². The topological polar surface area (TPSA) is 149 Å². The van der Waals surface area contributed by atoms with Crippen LogP contribution in [0.5, 0.6) is 0 Å². The molecule has 0 aliphatic carbocycles. The standard InChI is InChI=1S/C63H123NO8/c1-3-5-7-9-11-13-15-17-19-21-23-25-27-28-29-31-32-34-36-38-40-42-44-46-48-50-52-57(66)56(55-71-63-62(70)61(69)60(68)58(54-65)72-63)64-59(67)53-51-49-47-45-43-41-39-37-35-33-30-26-24-22-20-18-16-14-12-10-8-6-4-2/h50,52,56-58,60-63,65-66,68-70H,3-49,51,53-55H2,1-2H3,(H,64,67)/b52-50+. The molecular weight excluding hydrogens is 899 g/mol. The first-order valence-electron chi connectivity index (χ1n) is 31.9. The molecule has 7 unspecified atom stereocenters. The Morgan fingerprint density at radius 2 is 0.764 bits per heavy atom. The molecule has 0 spiro atoms. The fourth-order valence-corrected chi connectivity index (χ4v) is 10.6. The van der Waals surface area contributed by atoms with Crippen molar-refractivity contribution < 1.29 is 39.8 Å². The first kappa shape index (κ1) is 68.9. The molecule has 0 aromatic carbocycles. The van der Waals surface area contributed by atoms with Crippen molar-refractivity contribution in [1.82, 2.24) is 5.32 Å². The Hall–Kier alpha value is -1.07. The van der Waals surface area contributed by atoms with E-state index in [2.05, 4.69) is 19.2 Å². The lowest BCUT2D eigenvalue weighted by Gasteiger charge is -2.40. The average Bonchev–Trinajstić information content (AvgIpc) is 3.38. The Kier molecular flexibility index (Phi) is 51.1. The van der Waals surface area contributed by atoms with E-state index in [-0.39, 0.29) is 12.5 Å². The number of aliphatic hydroxyl groups is 5. The maximum Gasteiger partial charge on any atom is 0.220 e. The second-order valence-electron chi connectivity index (χ2n) is 22.6. The van der Waals surface area contributed by atoms with Crippen molar-refractivity contribution in [3.8, 4) is 0 Å². The van der Waals surface area contributed by atoms with Gasteiger partial charge in [0.15, 0.2) is 6.29 Å². The summed E-state index contributed by atoms with van der Waals surface area (Å²) in [5.74, 6) is -0.168. The summed E-state index contributed by atoms with van der Waals surface area (Å²) in [5.41, 5.74) is 0. The molecule has 9 heteroatoms. The van der Waals surface area contributed by atoms with Crippen LogP contribution in [0.15, 0.2) is 12.2 Å². The van der Waals surface area contributed by atoms with E-state index >= 15 is 0 Å². The largest absolute Gasteiger partial charge is 0.394 e. The van der Waals surface area contributed by atoms with Crippen LogP contribution >= 0.6 is 0 Å². The van der Waals surface area contributed by atoms with Gasteiger partial charge in [0.25, 0.3) is 0 Å². The lowest BCUT2D eigenvalue weighted by atomic mass is 9.99. The molecule has 7 atom stereocenters. The molecule has 0 radical (unpaired) electrons. The van der Waals surface area contributed by atoms with Crippen molar-refractivity contribution in [1.29, 1.82) is 0 Å². The first-order chi connectivity index (χ1) is 35.3. The fraction of sp³-hybridized carbons (Fsp3) is 0.952. The molecule has 0 bridgehead atoms. The molecular formula is C63H123NO8. The predicted octanol–water partition coefficient (Wildman–Crippen LogP) is 16.4. The second kappa shape index (κ2) is 53.3. The van der Waals surface area contributed by atoms with Crippen molar-refractivity contribution in [2.75, 3.05) is 13.2 Å². The molecule has 0 aromatic rings.